The summed E-state index contributed by atoms with van der Waals surface area (Å²) in [5, 5.41) is 4.00. The van der Waals surface area contributed by atoms with E-state index in [4.69, 9.17) is 13.9 Å². The third-order valence-electron chi connectivity index (χ3n) is 5.86. The van der Waals surface area contributed by atoms with Crippen LogP contribution in [0.2, 0.25) is 0 Å². The van der Waals surface area contributed by atoms with Gasteiger partial charge in [0.05, 0.1) is 22.3 Å². The molecule has 0 unspecified atom stereocenters. The van der Waals surface area contributed by atoms with Gasteiger partial charge in [0.2, 0.25) is 0 Å². The van der Waals surface area contributed by atoms with Crippen LogP contribution in [0, 0.1) is 13.8 Å². The van der Waals surface area contributed by atoms with Crippen LogP contribution in [0.15, 0.2) is 79.1 Å². The van der Waals surface area contributed by atoms with E-state index in [0.717, 1.165) is 17.1 Å². The normalized spacial score (nSPS) is 11.8. The van der Waals surface area contributed by atoms with Crippen molar-refractivity contribution in [3.63, 3.8) is 0 Å². The van der Waals surface area contributed by atoms with Crippen LogP contribution in [0.25, 0.3) is 5.69 Å². The zero-order chi connectivity index (χ0) is 28.8. The van der Waals surface area contributed by atoms with Gasteiger partial charge in [-0.2, -0.15) is 5.10 Å². The second-order valence-corrected chi connectivity index (χ2v) is 10.5. The molecule has 0 saturated heterocycles. The number of amides is 1. The van der Waals surface area contributed by atoms with Gasteiger partial charge in [0.1, 0.15) is 23.9 Å². The smallest absolute Gasteiger partial charge is 0.346 e. The van der Waals surface area contributed by atoms with Crippen LogP contribution in [0.5, 0.6) is 11.5 Å². The molecule has 0 bridgehead atoms. The first kappa shape index (κ1) is 29.2. The molecule has 2 heterocycles. The number of hydrazone groups is 1. The summed E-state index contributed by atoms with van der Waals surface area (Å²) in [5.74, 6) is 0.729. The Bertz CT molecular complexity index is 1500. The predicted octanol–water partition coefficient (Wildman–Crippen LogP) is 6.50. The standard InChI is InChI=1S/C29H27Br2N3O6/c1-17-5-6-18(2)34(17)21-7-9-22(10-8-21)38-16-23-11-12-26(40-23)28(35)33-32-15-20-13-24(30)27(25(31)14-20)39-19(3)29(36)37-4/h5-15,19H,16H2,1-4H3,(H,33,35)/b32-15+/t19-/m1/s1. The number of ether oxygens (including phenoxy) is 3. The number of rotatable bonds is 10. The maximum atomic E-state index is 12.5. The molecule has 40 heavy (non-hydrogen) atoms. The Morgan fingerprint density at radius 1 is 1.02 bits per heavy atom. The summed E-state index contributed by atoms with van der Waals surface area (Å²) >= 11 is 6.85. The van der Waals surface area contributed by atoms with E-state index in [1.807, 2.05) is 24.3 Å². The Kier molecular flexibility index (Phi) is 9.49. The molecule has 4 aromatic rings. The van der Waals surface area contributed by atoms with Crippen LogP contribution < -0.4 is 14.9 Å². The number of aryl methyl sites for hydroxylation is 2. The molecule has 1 atom stereocenters. The van der Waals surface area contributed by atoms with E-state index in [-0.39, 0.29) is 12.4 Å². The summed E-state index contributed by atoms with van der Waals surface area (Å²) in [4.78, 5) is 24.1. The first-order chi connectivity index (χ1) is 19.2. The molecule has 0 fully saturated rings. The van der Waals surface area contributed by atoms with Crippen LogP contribution >= 0.6 is 31.9 Å². The molecule has 0 aliphatic carbocycles. The van der Waals surface area contributed by atoms with Crippen molar-refractivity contribution >= 4 is 50.0 Å². The van der Waals surface area contributed by atoms with Gasteiger partial charge in [-0.15, -0.1) is 0 Å². The fraction of sp³-hybridized carbons (Fsp3) is 0.207. The number of nitrogens with zero attached hydrogens (tertiary/aromatic N) is 2. The summed E-state index contributed by atoms with van der Waals surface area (Å²) in [6, 6.07) is 18.7. The lowest BCUT2D eigenvalue weighted by Crippen LogP contribution is -2.25. The molecule has 208 valence electrons. The molecule has 4 rings (SSSR count). The Hall–Kier alpha value is -3.83. The summed E-state index contributed by atoms with van der Waals surface area (Å²) in [6.07, 6.45) is 0.679. The number of halogens is 2. The summed E-state index contributed by atoms with van der Waals surface area (Å²) in [7, 11) is 1.30. The molecule has 0 spiro atoms. The van der Waals surface area contributed by atoms with Crippen molar-refractivity contribution in [1.82, 2.24) is 9.99 Å². The van der Waals surface area contributed by atoms with Gasteiger partial charge >= 0.3 is 11.9 Å². The van der Waals surface area contributed by atoms with Gasteiger partial charge in [0.25, 0.3) is 0 Å². The summed E-state index contributed by atoms with van der Waals surface area (Å²) in [5.41, 5.74) is 6.48. The van der Waals surface area contributed by atoms with E-state index in [1.165, 1.54) is 13.3 Å². The van der Waals surface area contributed by atoms with Gasteiger partial charge < -0.3 is 23.2 Å². The van der Waals surface area contributed by atoms with Crippen LogP contribution in [0.4, 0.5) is 0 Å². The number of hydrogen-bond acceptors (Lipinski definition) is 7. The Labute approximate surface area is 248 Å². The van der Waals surface area contributed by atoms with E-state index < -0.39 is 18.0 Å². The molecule has 2 aromatic carbocycles. The van der Waals surface area contributed by atoms with Gasteiger partial charge in [0, 0.05) is 17.1 Å². The lowest BCUT2D eigenvalue weighted by atomic mass is 10.2. The zero-order valence-corrected chi connectivity index (χ0v) is 25.4. The highest BCUT2D eigenvalue weighted by Gasteiger charge is 2.19. The molecule has 1 N–H and O–H groups in total. The highest BCUT2D eigenvalue weighted by atomic mass is 79.9. The first-order valence-corrected chi connectivity index (χ1v) is 13.8. The number of carbonyl (C=O) groups is 2. The number of hydrogen-bond donors (Lipinski definition) is 1. The molecular weight excluding hydrogens is 646 g/mol. The van der Waals surface area contributed by atoms with Crippen LogP contribution in [0.1, 0.15) is 40.2 Å². The largest absolute Gasteiger partial charge is 0.486 e. The number of esters is 1. The third-order valence-corrected chi connectivity index (χ3v) is 7.04. The van der Waals surface area contributed by atoms with Gasteiger partial charge in [-0.25, -0.2) is 10.2 Å². The van der Waals surface area contributed by atoms with E-state index in [9.17, 15) is 9.59 Å². The van der Waals surface area contributed by atoms with Gasteiger partial charge in [-0.05, 0) is 119 Å². The average molecular weight is 673 g/mol. The second kappa shape index (κ2) is 13.0. The van der Waals surface area contributed by atoms with Crippen LogP contribution in [-0.2, 0) is 16.1 Å². The minimum absolute atomic E-state index is 0.104. The number of nitrogens with one attached hydrogen (secondary N) is 1. The second-order valence-electron chi connectivity index (χ2n) is 8.80. The van der Waals surface area contributed by atoms with Crippen molar-refractivity contribution in [2.45, 2.75) is 33.5 Å². The lowest BCUT2D eigenvalue weighted by Gasteiger charge is -2.15. The average Bonchev–Trinajstić information content (AvgIpc) is 3.55. The van der Waals surface area contributed by atoms with Crippen molar-refractivity contribution < 1.29 is 28.2 Å². The number of methoxy groups -OCH3 is 1. The quantitative estimate of drug-likeness (QED) is 0.117. The molecule has 1 amide bonds. The fourth-order valence-corrected chi connectivity index (χ4v) is 5.29. The molecule has 2 aromatic heterocycles. The monoisotopic (exact) mass is 671 g/mol. The molecule has 9 nitrogen and oxygen atoms in total. The minimum atomic E-state index is -0.788. The maximum Gasteiger partial charge on any atom is 0.346 e. The van der Waals surface area contributed by atoms with Gasteiger partial charge in [0.15, 0.2) is 11.9 Å². The molecule has 0 aliphatic heterocycles. The minimum Gasteiger partial charge on any atom is -0.486 e. The van der Waals surface area contributed by atoms with Crippen LogP contribution in [0.3, 0.4) is 0 Å². The zero-order valence-electron chi connectivity index (χ0n) is 22.2. The molecule has 0 radical (unpaired) electrons. The SMILES string of the molecule is COC(=O)[C@@H](C)Oc1c(Br)cc(/C=N/NC(=O)c2ccc(COc3ccc(-n4c(C)ccc4C)cc3)o2)cc1Br. The summed E-state index contributed by atoms with van der Waals surface area (Å²) < 4.78 is 25.1. The molecule has 11 heteroatoms. The van der Waals surface area contributed by atoms with Gasteiger partial charge in [-0.3, -0.25) is 4.79 Å². The number of benzene rings is 2. The maximum absolute atomic E-state index is 12.5. The highest BCUT2D eigenvalue weighted by molar-refractivity contribution is 9.11. The fourth-order valence-electron chi connectivity index (χ4n) is 3.88. The van der Waals surface area contributed by atoms with Crippen molar-refractivity contribution in [3.05, 3.63) is 98.1 Å². The van der Waals surface area contributed by atoms with Crippen molar-refractivity contribution in [2.75, 3.05) is 7.11 Å². The molecule has 0 aliphatic rings. The van der Waals surface area contributed by atoms with Crippen molar-refractivity contribution in [3.8, 4) is 17.2 Å². The van der Waals surface area contributed by atoms with E-state index in [1.54, 1.807) is 31.2 Å². The number of furan rings is 1. The molecule has 0 saturated carbocycles. The van der Waals surface area contributed by atoms with Gasteiger partial charge in [-0.1, -0.05) is 0 Å². The Balaban J connectivity index is 1.30. The Morgan fingerprint density at radius 2 is 1.68 bits per heavy atom. The number of carbonyl (C=O) groups excluding carboxylic acids is 2. The Morgan fingerprint density at radius 3 is 2.30 bits per heavy atom. The molecular formula is C29H27Br2N3O6. The van der Waals surface area contributed by atoms with Crippen molar-refractivity contribution in [2.24, 2.45) is 5.10 Å². The lowest BCUT2D eigenvalue weighted by molar-refractivity contribution is -0.147. The van der Waals surface area contributed by atoms with Crippen molar-refractivity contribution in [1.29, 1.82) is 0 Å². The first-order valence-electron chi connectivity index (χ1n) is 12.2. The summed E-state index contributed by atoms with van der Waals surface area (Å²) in [6.45, 7) is 5.89. The van der Waals surface area contributed by atoms with E-state index >= 15 is 0 Å². The third kappa shape index (κ3) is 7.02. The topological polar surface area (TPSA) is 104 Å². The van der Waals surface area contributed by atoms with E-state index in [2.05, 4.69) is 77.7 Å². The van der Waals surface area contributed by atoms with E-state index in [0.29, 0.717) is 31.8 Å². The number of aromatic nitrogens is 1. The van der Waals surface area contributed by atoms with Crippen LogP contribution in [-0.4, -0.2) is 35.9 Å². The highest BCUT2D eigenvalue weighted by Crippen LogP contribution is 2.35. The predicted molar refractivity (Wildman–Crippen MR) is 157 cm³/mol.